The van der Waals surface area contributed by atoms with Gasteiger partial charge in [0, 0.05) is 39.3 Å². The predicted octanol–water partition coefficient (Wildman–Crippen LogP) is 1.02. The van der Waals surface area contributed by atoms with E-state index >= 15 is 0 Å². The largest absolute Gasteiger partial charge is 0.481 e. The third-order valence-electron chi connectivity index (χ3n) is 2.76. The second kappa shape index (κ2) is 6.78. The number of aliphatic carboxylic acids is 1. The maximum Gasteiger partial charge on any atom is 0.303 e. The van der Waals surface area contributed by atoms with Crippen LogP contribution in [0.3, 0.4) is 0 Å². The van der Waals surface area contributed by atoms with E-state index in [1.165, 1.54) is 0 Å². The minimum Gasteiger partial charge on any atom is -0.481 e. The first-order valence-corrected chi connectivity index (χ1v) is 5.92. The van der Waals surface area contributed by atoms with E-state index in [-0.39, 0.29) is 12.3 Å². The van der Waals surface area contributed by atoms with Crippen LogP contribution >= 0.6 is 0 Å². The summed E-state index contributed by atoms with van der Waals surface area (Å²) in [4.78, 5) is 27.9. The highest BCUT2D eigenvalue weighted by Crippen LogP contribution is 2.05. The molecule has 1 rings (SSSR count). The number of rotatable bonds is 7. The Morgan fingerprint density at radius 3 is 2.61 bits per heavy atom. The molecule has 1 aromatic heterocycles. The number of carbonyl (C=O) groups excluding carboxylic acids is 1. The van der Waals surface area contributed by atoms with Crippen LogP contribution in [0.4, 0.5) is 0 Å². The normalized spacial score (nSPS) is 10.3. The van der Waals surface area contributed by atoms with Crippen LogP contribution in [0.25, 0.3) is 0 Å². The molecule has 1 heterocycles. The summed E-state index contributed by atoms with van der Waals surface area (Å²) in [6.07, 6.45) is 5.18. The average Bonchev–Trinajstić information content (AvgIpc) is 2.70. The first-order valence-electron chi connectivity index (χ1n) is 5.92. The van der Waals surface area contributed by atoms with Gasteiger partial charge in [-0.3, -0.25) is 9.59 Å². The van der Waals surface area contributed by atoms with Crippen molar-refractivity contribution >= 4 is 11.9 Å². The molecule has 6 nitrogen and oxygen atoms in total. The number of aryl methyl sites for hydroxylation is 1. The number of hydrogen-bond donors (Lipinski definition) is 1. The second-order valence-corrected chi connectivity index (χ2v) is 4.31. The molecule has 0 atom stereocenters. The summed E-state index contributed by atoms with van der Waals surface area (Å²) in [7, 11) is 3.61. The van der Waals surface area contributed by atoms with Crippen molar-refractivity contribution in [3.05, 3.63) is 18.2 Å². The summed E-state index contributed by atoms with van der Waals surface area (Å²) < 4.78 is 1.87. The van der Waals surface area contributed by atoms with Crippen molar-refractivity contribution in [3.8, 4) is 0 Å². The zero-order valence-electron chi connectivity index (χ0n) is 10.8. The fourth-order valence-electron chi connectivity index (χ4n) is 1.59. The van der Waals surface area contributed by atoms with Gasteiger partial charge in [-0.2, -0.15) is 0 Å². The van der Waals surface area contributed by atoms with Crippen LogP contribution in [0.5, 0.6) is 0 Å². The Morgan fingerprint density at radius 2 is 2.06 bits per heavy atom. The Morgan fingerprint density at radius 1 is 1.39 bits per heavy atom. The number of imidazole rings is 1. The molecular formula is C12H19N3O3. The molecule has 1 aromatic rings. The van der Waals surface area contributed by atoms with Crippen molar-refractivity contribution in [1.29, 1.82) is 0 Å². The molecule has 0 aliphatic carbocycles. The fraction of sp³-hybridized carbons (Fsp3) is 0.583. The van der Waals surface area contributed by atoms with E-state index in [0.29, 0.717) is 25.8 Å². The Kier molecular flexibility index (Phi) is 5.35. The lowest BCUT2D eigenvalue weighted by molar-refractivity contribution is -0.137. The Balaban J connectivity index is 2.29. The lowest BCUT2D eigenvalue weighted by Gasteiger charge is -2.16. The van der Waals surface area contributed by atoms with Crippen LogP contribution in [-0.2, 0) is 23.2 Å². The van der Waals surface area contributed by atoms with Crippen LogP contribution < -0.4 is 0 Å². The van der Waals surface area contributed by atoms with Crippen LogP contribution in [0.1, 0.15) is 31.5 Å². The van der Waals surface area contributed by atoms with Crippen molar-refractivity contribution in [2.45, 2.75) is 32.2 Å². The molecule has 1 amide bonds. The van der Waals surface area contributed by atoms with Gasteiger partial charge in [-0.05, 0) is 12.8 Å². The van der Waals surface area contributed by atoms with Gasteiger partial charge in [0.05, 0.1) is 6.54 Å². The Hall–Kier alpha value is -1.85. The Labute approximate surface area is 106 Å². The van der Waals surface area contributed by atoms with Crippen LogP contribution in [0.2, 0.25) is 0 Å². The summed E-state index contributed by atoms with van der Waals surface area (Å²) in [6, 6.07) is 0. The van der Waals surface area contributed by atoms with Gasteiger partial charge in [0.2, 0.25) is 5.91 Å². The maximum absolute atomic E-state index is 11.8. The van der Waals surface area contributed by atoms with Crippen molar-refractivity contribution in [2.24, 2.45) is 7.05 Å². The minimum atomic E-state index is -0.816. The molecule has 0 aromatic carbocycles. The number of carboxylic acid groups (broad SMARTS) is 1. The van der Waals surface area contributed by atoms with Crippen molar-refractivity contribution in [2.75, 3.05) is 7.05 Å². The van der Waals surface area contributed by atoms with Crippen molar-refractivity contribution < 1.29 is 14.7 Å². The molecule has 0 radical (unpaired) electrons. The van der Waals surface area contributed by atoms with Gasteiger partial charge >= 0.3 is 5.97 Å². The quantitative estimate of drug-likeness (QED) is 0.736. The molecule has 0 saturated carbocycles. The third kappa shape index (κ3) is 4.57. The van der Waals surface area contributed by atoms with Crippen LogP contribution in [0.15, 0.2) is 12.4 Å². The fourth-order valence-corrected chi connectivity index (χ4v) is 1.59. The lowest BCUT2D eigenvalue weighted by Crippen LogP contribution is -2.27. The monoisotopic (exact) mass is 253 g/mol. The number of unbranched alkanes of at least 4 members (excludes halogenated alkanes) is 1. The minimum absolute atomic E-state index is 0.0170. The summed E-state index contributed by atoms with van der Waals surface area (Å²) in [5.74, 6) is 0.0311. The smallest absolute Gasteiger partial charge is 0.303 e. The SMILES string of the molecule is CN(Cc1nccn1C)C(=O)CCCCC(=O)O. The summed E-state index contributed by atoms with van der Waals surface area (Å²) in [6.45, 7) is 0.473. The molecule has 18 heavy (non-hydrogen) atoms. The molecule has 0 aliphatic heterocycles. The molecule has 100 valence electrons. The lowest BCUT2D eigenvalue weighted by atomic mass is 10.2. The Bertz CT molecular complexity index is 414. The van der Waals surface area contributed by atoms with Gasteiger partial charge < -0.3 is 14.6 Å². The van der Waals surface area contributed by atoms with Gasteiger partial charge in [-0.25, -0.2) is 4.98 Å². The molecular weight excluding hydrogens is 234 g/mol. The summed E-state index contributed by atoms with van der Waals surface area (Å²) in [5, 5.41) is 8.48. The standard InChI is InChI=1S/C12H19N3O3/c1-14-8-7-13-10(14)9-15(2)11(16)5-3-4-6-12(17)18/h7-8H,3-6,9H2,1-2H3,(H,17,18). The van der Waals surface area contributed by atoms with E-state index in [1.54, 1.807) is 18.1 Å². The van der Waals surface area contributed by atoms with E-state index < -0.39 is 5.97 Å². The number of carboxylic acids is 1. The molecule has 0 aliphatic rings. The molecule has 0 bridgehead atoms. The maximum atomic E-state index is 11.8. The molecule has 0 fully saturated rings. The van der Waals surface area contributed by atoms with E-state index in [9.17, 15) is 9.59 Å². The zero-order valence-corrected chi connectivity index (χ0v) is 10.8. The number of amides is 1. The van der Waals surface area contributed by atoms with Gasteiger partial charge in [0.25, 0.3) is 0 Å². The highest BCUT2D eigenvalue weighted by atomic mass is 16.4. The summed E-state index contributed by atoms with van der Waals surface area (Å²) >= 11 is 0. The third-order valence-corrected chi connectivity index (χ3v) is 2.76. The zero-order chi connectivity index (χ0) is 13.5. The van der Waals surface area contributed by atoms with Gasteiger partial charge in [-0.15, -0.1) is 0 Å². The summed E-state index contributed by atoms with van der Waals surface area (Å²) in [5.41, 5.74) is 0. The number of aromatic nitrogens is 2. The van der Waals surface area contributed by atoms with Gasteiger partial charge in [0.1, 0.15) is 5.82 Å². The van der Waals surface area contributed by atoms with E-state index in [1.807, 2.05) is 17.8 Å². The second-order valence-electron chi connectivity index (χ2n) is 4.31. The van der Waals surface area contributed by atoms with E-state index in [0.717, 1.165) is 5.82 Å². The average molecular weight is 253 g/mol. The highest BCUT2D eigenvalue weighted by molar-refractivity contribution is 5.75. The molecule has 6 heteroatoms. The first kappa shape index (κ1) is 14.2. The van der Waals surface area contributed by atoms with Crippen molar-refractivity contribution in [1.82, 2.24) is 14.5 Å². The highest BCUT2D eigenvalue weighted by Gasteiger charge is 2.11. The van der Waals surface area contributed by atoms with Crippen LogP contribution in [0, 0.1) is 0 Å². The molecule has 1 N–H and O–H groups in total. The van der Waals surface area contributed by atoms with Crippen LogP contribution in [-0.4, -0.2) is 38.5 Å². The van der Waals surface area contributed by atoms with Gasteiger partial charge in [0.15, 0.2) is 0 Å². The molecule has 0 spiro atoms. The number of carbonyl (C=O) groups is 2. The topological polar surface area (TPSA) is 75.4 Å². The van der Waals surface area contributed by atoms with Gasteiger partial charge in [-0.1, -0.05) is 0 Å². The molecule has 0 unspecified atom stereocenters. The van der Waals surface area contributed by atoms with E-state index in [4.69, 9.17) is 5.11 Å². The number of nitrogens with zero attached hydrogens (tertiary/aromatic N) is 3. The first-order chi connectivity index (χ1) is 8.50. The van der Waals surface area contributed by atoms with E-state index in [2.05, 4.69) is 4.98 Å². The predicted molar refractivity (Wildman–Crippen MR) is 65.8 cm³/mol. The van der Waals surface area contributed by atoms with Crippen molar-refractivity contribution in [3.63, 3.8) is 0 Å². The molecule has 0 saturated heterocycles. The number of hydrogen-bond acceptors (Lipinski definition) is 3.